The van der Waals surface area contributed by atoms with Crippen LogP contribution in [0.4, 0.5) is 5.69 Å². The Hall–Kier alpha value is -1.32. The molecule has 2 aromatic rings. The molecular formula is C19H25ClNO3P. The maximum absolute atomic E-state index is 13.7. The molecule has 0 radical (unpaired) electrons. The van der Waals surface area contributed by atoms with Gasteiger partial charge in [-0.05, 0) is 47.9 Å². The molecule has 2 atom stereocenters. The Kier molecular flexibility index (Phi) is 6.70. The Morgan fingerprint density at radius 3 is 2.12 bits per heavy atom. The average molecular weight is 382 g/mol. The van der Waals surface area contributed by atoms with Crippen molar-refractivity contribution in [3.05, 3.63) is 59.1 Å². The number of hydrogen-bond acceptors (Lipinski definition) is 4. The van der Waals surface area contributed by atoms with Crippen molar-refractivity contribution in [1.29, 1.82) is 0 Å². The second kappa shape index (κ2) is 8.37. The van der Waals surface area contributed by atoms with Gasteiger partial charge >= 0.3 is 0 Å². The van der Waals surface area contributed by atoms with E-state index in [2.05, 4.69) is 0 Å². The third-order valence-corrected chi connectivity index (χ3v) is 6.56. The van der Waals surface area contributed by atoms with Crippen LogP contribution in [0, 0.1) is 5.92 Å². The van der Waals surface area contributed by atoms with Gasteiger partial charge in [-0.25, -0.2) is 0 Å². The number of anilines is 1. The van der Waals surface area contributed by atoms with E-state index < -0.39 is 13.2 Å². The fraction of sp³-hybridized carbons (Fsp3) is 0.368. The number of nitrogens with zero attached hydrogens (tertiary/aromatic N) is 1. The second-order valence-electron chi connectivity index (χ2n) is 6.62. The van der Waals surface area contributed by atoms with Crippen molar-refractivity contribution in [3.63, 3.8) is 0 Å². The summed E-state index contributed by atoms with van der Waals surface area (Å²) in [5.41, 5.74) is 1.51. The minimum Gasteiger partial charge on any atom is -0.378 e. The van der Waals surface area contributed by atoms with E-state index in [-0.39, 0.29) is 5.92 Å². The van der Waals surface area contributed by atoms with E-state index in [4.69, 9.17) is 16.1 Å². The first-order chi connectivity index (χ1) is 11.7. The lowest BCUT2D eigenvalue weighted by atomic mass is 10.2. The van der Waals surface area contributed by atoms with Gasteiger partial charge in [0.15, 0.2) is 5.85 Å². The fourth-order valence-electron chi connectivity index (χ4n) is 2.34. The van der Waals surface area contributed by atoms with Crippen LogP contribution in [0.3, 0.4) is 0 Å². The molecule has 25 heavy (non-hydrogen) atoms. The molecule has 0 aromatic heterocycles. The van der Waals surface area contributed by atoms with Crippen LogP contribution in [0.2, 0.25) is 5.02 Å². The van der Waals surface area contributed by atoms with Crippen LogP contribution < -0.4 is 10.2 Å². The fourth-order valence-corrected chi connectivity index (χ4v) is 4.68. The molecule has 2 aromatic carbocycles. The van der Waals surface area contributed by atoms with Crippen molar-refractivity contribution in [3.8, 4) is 0 Å². The van der Waals surface area contributed by atoms with Crippen LogP contribution in [-0.2, 0) is 9.09 Å². The van der Waals surface area contributed by atoms with Gasteiger partial charge < -0.3 is 14.5 Å². The summed E-state index contributed by atoms with van der Waals surface area (Å²) in [4.78, 5) is 1.96. The number of aliphatic hydroxyl groups is 1. The lowest BCUT2D eigenvalue weighted by Gasteiger charge is -2.26. The van der Waals surface area contributed by atoms with Crippen molar-refractivity contribution < 1.29 is 14.2 Å². The molecule has 0 bridgehead atoms. The van der Waals surface area contributed by atoms with Gasteiger partial charge in [0.05, 0.1) is 6.61 Å². The number of rotatable bonds is 7. The van der Waals surface area contributed by atoms with E-state index in [1.54, 1.807) is 36.4 Å². The summed E-state index contributed by atoms with van der Waals surface area (Å²) in [6.45, 7) is 4.26. The molecule has 0 aliphatic carbocycles. The zero-order valence-electron chi connectivity index (χ0n) is 15.0. The van der Waals surface area contributed by atoms with Gasteiger partial charge in [0.25, 0.3) is 7.37 Å². The van der Waals surface area contributed by atoms with Gasteiger partial charge in [0.2, 0.25) is 0 Å². The van der Waals surface area contributed by atoms with Gasteiger partial charge in [-0.3, -0.25) is 4.57 Å². The SMILES string of the molecule is CC(C)CO[P@](=O)(c1ccc(N(C)C)cc1)[C@H](O)c1ccc(Cl)cc1. The molecule has 0 aliphatic rings. The molecule has 0 spiro atoms. The number of aliphatic hydroxyl groups excluding tert-OH is 1. The van der Waals surface area contributed by atoms with Crippen LogP contribution in [0.1, 0.15) is 25.3 Å². The van der Waals surface area contributed by atoms with Gasteiger partial charge in [0, 0.05) is 30.1 Å². The first kappa shape index (κ1) is 20.0. The lowest BCUT2D eigenvalue weighted by Crippen LogP contribution is -2.17. The second-order valence-corrected chi connectivity index (χ2v) is 9.52. The van der Waals surface area contributed by atoms with Gasteiger partial charge in [0.1, 0.15) is 0 Å². The predicted molar refractivity (Wildman–Crippen MR) is 105 cm³/mol. The third kappa shape index (κ3) is 4.86. The Bertz CT molecular complexity index is 729. The Labute approximate surface area is 154 Å². The lowest BCUT2D eigenvalue weighted by molar-refractivity contribution is 0.203. The van der Waals surface area contributed by atoms with Gasteiger partial charge in [-0.15, -0.1) is 0 Å². The highest BCUT2D eigenvalue weighted by molar-refractivity contribution is 7.67. The van der Waals surface area contributed by atoms with Gasteiger partial charge in [-0.2, -0.15) is 0 Å². The smallest absolute Gasteiger partial charge is 0.264 e. The summed E-state index contributed by atoms with van der Waals surface area (Å²) in [7, 11) is 0.364. The minimum absolute atomic E-state index is 0.201. The summed E-state index contributed by atoms with van der Waals surface area (Å²) >= 11 is 5.91. The minimum atomic E-state index is -3.51. The zero-order chi connectivity index (χ0) is 18.6. The summed E-state index contributed by atoms with van der Waals surface area (Å²) in [6, 6.07) is 13.9. The molecular weight excluding hydrogens is 357 g/mol. The number of hydrogen-bond donors (Lipinski definition) is 1. The average Bonchev–Trinajstić information content (AvgIpc) is 2.59. The van der Waals surface area contributed by atoms with Crippen molar-refractivity contribution >= 4 is 30.0 Å². The van der Waals surface area contributed by atoms with E-state index >= 15 is 0 Å². The summed E-state index contributed by atoms with van der Waals surface area (Å²) in [6.07, 6.45) is 0. The summed E-state index contributed by atoms with van der Waals surface area (Å²) < 4.78 is 19.4. The first-order valence-corrected chi connectivity index (χ1v) is 10.3. The normalized spacial score (nSPS) is 15.0. The van der Waals surface area contributed by atoms with Crippen LogP contribution in [-0.4, -0.2) is 25.8 Å². The van der Waals surface area contributed by atoms with Crippen molar-refractivity contribution in [2.75, 3.05) is 25.6 Å². The zero-order valence-corrected chi connectivity index (χ0v) is 16.7. The molecule has 136 valence electrons. The van der Waals surface area contributed by atoms with E-state index in [1.807, 2.05) is 45.0 Å². The third-order valence-electron chi connectivity index (χ3n) is 3.82. The first-order valence-electron chi connectivity index (χ1n) is 8.20. The van der Waals surface area contributed by atoms with Crippen LogP contribution in [0.15, 0.2) is 48.5 Å². The molecule has 4 nitrogen and oxygen atoms in total. The topological polar surface area (TPSA) is 49.8 Å². The van der Waals surface area contributed by atoms with E-state index in [0.29, 0.717) is 22.5 Å². The largest absolute Gasteiger partial charge is 0.378 e. The van der Waals surface area contributed by atoms with Crippen molar-refractivity contribution in [2.24, 2.45) is 5.92 Å². The maximum atomic E-state index is 13.7. The van der Waals surface area contributed by atoms with E-state index in [0.717, 1.165) is 5.69 Å². The van der Waals surface area contributed by atoms with Crippen molar-refractivity contribution in [2.45, 2.75) is 19.7 Å². The molecule has 0 amide bonds. The monoisotopic (exact) mass is 381 g/mol. The summed E-state index contributed by atoms with van der Waals surface area (Å²) in [5.74, 6) is -1.04. The maximum Gasteiger partial charge on any atom is 0.264 e. The number of halogens is 1. The molecule has 0 fully saturated rings. The van der Waals surface area contributed by atoms with Crippen molar-refractivity contribution in [1.82, 2.24) is 0 Å². The highest BCUT2D eigenvalue weighted by Crippen LogP contribution is 2.58. The quantitative estimate of drug-likeness (QED) is 0.708. The Balaban J connectivity index is 2.42. The molecule has 2 rings (SSSR count). The van der Waals surface area contributed by atoms with E-state index in [1.165, 1.54) is 0 Å². The molecule has 1 N–H and O–H groups in total. The van der Waals surface area contributed by atoms with Gasteiger partial charge in [-0.1, -0.05) is 37.6 Å². The molecule has 0 saturated carbocycles. The standard InChI is InChI=1S/C19H25ClNO3P/c1-14(2)13-24-25(23,18-11-9-17(10-12-18)21(3)4)19(22)15-5-7-16(20)8-6-15/h5-12,14,19,22H,13H2,1-4H3/t19-,25+/m0/s1. The number of benzene rings is 2. The molecule has 0 heterocycles. The van der Waals surface area contributed by atoms with Crippen LogP contribution >= 0.6 is 19.0 Å². The van der Waals surface area contributed by atoms with Crippen LogP contribution in [0.25, 0.3) is 0 Å². The summed E-state index contributed by atoms with van der Waals surface area (Å²) in [5, 5.41) is 11.9. The molecule has 0 unspecified atom stereocenters. The molecule has 0 aliphatic heterocycles. The van der Waals surface area contributed by atoms with E-state index in [9.17, 15) is 9.67 Å². The highest BCUT2D eigenvalue weighted by atomic mass is 35.5. The Morgan fingerprint density at radius 2 is 1.64 bits per heavy atom. The molecule has 6 heteroatoms. The highest BCUT2D eigenvalue weighted by Gasteiger charge is 2.36. The Morgan fingerprint density at radius 1 is 1.08 bits per heavy atom. The van der Waals surface area contributed by atoms with Crippen LogP contribution in [0.5, 0.6) is 0 Å². The molecule has 0 saturated heterocycles. The predicted octanol–water partition coefficient (Wildman–Crippen LogP) is 4.67.